The van der Waals surface area contributed by atoms with Crippen molar-refractivity contribution in [3.8, 4) is 0 Å². The lowest BCUT2D eigenvalue weighted by atomic mass is 10.2. The highest BCUT2D eigenvalue weighted by atomic mass is 32.1. The van der Waals surface area contributed by atoms with Crippen molar-refractivity contribution >= 4 is 23.0 Å². The summed E-state index contributed by atoms with van der Waals surface area (Å²) in [6.07, 6.45) is 1.22. The van der Waals surface area contributed by atoms with Crippen molar-refractivity contribution < 1.29 is 0 Å². The quantitative estimate of drug-likeness (QED) is 0.765. The predicted molar refractivity (Wildman–Crippen MR) is 66.1 cm³/mol. The molecule has 1 aromatic heterocycles. The van der Waals surface area contributed by atoms with Gasteiger partial charge in [0, 0.05) is 17.3 Å². The van der Waals surface area contributed by atoms with Crippen molar-refractivity contribution in [1.29, 1.82) is 0 Å². The van der Waals surface area contributed by atoms with Crippen LogP contribution in [0.15, 0.2) is 12.1 Å². The van der Waals surface area contributed by atoms with Crippen LogP contribution >= 0.6 is 12.2 Å². The minimum Gasteiger partial charge on any atom is -0.389 e. The molecular formula is C11H15N3S. The molecule has 2 atom stereocenters. The van der Waals surface area contributed by atoms with E-state index < -0.39 is 0 Å². The van der Waals surface area contributed by atoms with E-state index in [1.54, 1.807) is 0 Å². The van der Waals surface area contributed by atoms with Crippen LogP contribution < -0.4 is 11.1 Å². The molecule has 0 radical (unpaired) electrons. The largest absolute Gasteiger partial charge is 0.389 e. The number of nitrogens with two attached hydrogens (primary N) is 1. The molecule has 1 aromatic rings. The van der Waals surface area contributed by atoms with E-state index in [2.05, 4.69) is 17.2 Å². The molecule has 3 N–H and O–H groups in total. The number of aryl methyl sites for hydroxylation is 1. The van der Waals surface area contributed by atoms with Crippen molar-refractivity contribution in [3.63, 3.8) is 0 Å². The zero-order valence-electron chi connectivity index (χ0n) is 8.95. The zero-order valence-corrected chi connectivity index (χ0v) is 9.77. The number of nitrogens with zero attached hydrogens (tertiary/aromatic N) is 1. The van der Waals surface area contributed by atoms with E-state index >= 15 is 0 Å². The first-order valence-electron chi connectivity index (χ1n) is 5.11. The highest BCUT2D eigenvalue weighted by Gasteiger charge is 2.32. The first-order chi connectivity index (χ1) is 7.06. The number of pyridine rings is 1. The Morgan fingerprint density at radius 3 is 2.80 bits per heavy atom. The lowest BCUT2D eigenvalue weighted by molar-refractivity contribution is 0.922. The van der Waals surface area contributed by atoms with Crippen LogP contribution in [0.5, 0.6) is 0 Å². The van der Waals surface area contributed by atoms with Gasteiger partial charge in [0.2, 0.25) is 0 Å². The maximum absolute atomic E-state index is 5.60. The smallest absolute Gasteiger partial charge is 0.127 e. The van der Waals surface area contributed by atoms with E-state index in [9.17, 15) is 0 Å². The molecule has 0 spiro atoms. The summed E-state index contributed by atoms with van der Waals surface area (Å²) in [6.45, 7) is 4.17. The molecule has 1 aliphatic rings. The Morgan fingerprint density at radius 1 is 1.60 bits per heavy atom. The molecule has 80 valence electrons. The minimum atomic E-state index is 0.424. The van der Waals surface area contributed by atoms with Crippen molar-refractivity contribution in [2.45, 2.75) is 26.3 Å². The molecule has 1 fully saturated rings. The normalized spacial score (nSPS) is 23.6. The standard InChI is InChI=1S/C11H15N3S/c1-6-3-9(6)14-10-5-8(11(12)15)4-7(2)13-10/h4-6,9H,3H2,1-2H3,(H2,12,15)(H,13,14). The van der Waals surface area contributed by atoms with Gasteiger partial charge in [-0.1, -0.05) is 19.1 Å². The van der Waals surface area contributed by atoms with E-state index in [0.29, 0.717) is 11.0 Å². The highest BCUT2D eigenvalue weighted by Crippen LogP contribution is 2.32. The third-order valence-corrected chi connectivity index (χ3v) is 2.92. The zero-order chi connectivity index (χ0) is 11.0. The van der Waals surface area contributed by atoms with Gasteiger partial charge in [-0.05, 0) is 31.4 Å². The molecular weight excluding hydrogens is 206 g/mol. The topological polar surface area (TPSA) is 50.9 Å². The average Bonchev–Trinajstić information content (AvgIpc) is 2.80. The summed E-state index contributed by atoms with van der Waals surface area (Å²) in [5, 5.41) is 3.38. The fourth-order valence-corrected chi connectivity index (χ4v) is 1.72. The minimum absolute atomic E-state index is 0.424. The Hall–Kier alpha value is -1.16. The molecule has 2 rings (SSSR count). The molecule has 2 unspecified atom stereocenters. The van der Waals surface area contributed by atoms with Crippen molar-refractivity contribution in [3.05, 3.63) is 23.4 Å². The Labute approximate surface area is 95.1 Å². The van der Waals surface area contributed by atoms with Crippen molar-refractivity contribution in [2.24, 2.45) is 11.7 Å². The number of thiocarbonyl (C=S) groups is 1. The fourth-order valence-electron chi connectivity index (χ4n) is 1.60. The summed E-state index contributed by atoms with van der Waals surface area (Å²) >= 11 is 4.96. The Morgan fingerprint density at radius 2 is 2.27 bits per heavy atom. The Bertz CT molecular complexity index is 403. The van der Waals surface area contributed by atoms with Crippen molar-refractivity contribution in [2.75, 3.05) is 5.32 Å². The van der Waals surface area contributed by atoms with Crippen LogP contribution in [0.1, 0.15) is 24.6 Å². The second-order valence-electron chi connectivity index (χ2n) is 4.21. The van der Waals surface area contributed by atoms with Gasteiger partial charge in [-0.15, -0.1) is 0 Å². The van der Waals surface area contributed by atoms with E-state index in [1.807, 2.05) is 19.1 Å². The van der Waals surface area contributed by atoms with Gasteiger partial charge in [0.1, 0.15) is 10.8 Å². The summed E-state index contributed by atoms with van der Waals surface area (Å²) in [5.41, 5.74) is 7.42. The van der Waals surface area contributed by atoms with Gasteiger partial charge in [-0.2, -0.15) is 0 Å². The fraction of sp³-hybridized carbons (Fsp3) is 0.455. The monoisotopic (exact) mass is 221 g/mol. The molecule has 0 saturated heterocycles. The van der Waals surface area contributed by atoms with E-state index in [1.165, 1.54) is 6.42 Å². The first kappa shape index (κ1) is 10.4. The number of hydrogen-bond donors (Lipinski definition) is 2. The second-order valence-corrected chi connectivity index (χ2v) is 4.65. The van der Waals surface area contributed by atoms with Crippen LogP contribution in [0, 0.1) is 12.8 Å². The SMILES string of the molecule is Cc1cc(C(N)=S)cc(NC2CC2C)n1. The van der Waals surface area contributed by atoms with Crippen LogP contribution in [0.2, 0.25) is 0 Å². The van der Waals surface area contributed by atoms with Gasteiger partial charge in [-0.3, -0.25) is 0 Å². The van der Waals surface area contributed by atoms with Gasteiger partial charge in [0.05, 0.1) is 0 Å². The molecule has 1 heterocycles. The third kappa shape index (κ3) is 2.45. The summed E-state index contributed by atoms with van der Waals surface area (Å²) < 4.78 is 0. The predicted octanol–water partition coefficient (Wildman–Crippen LogP) is 1.84. The Balaban J connectivity index is 2.19. The number of anilines is 1. The van der Waals surface area contributed by atoms with Gasteiger partial charge in [-0.25, -0.2) is 4.98 Å². The van der Waals surface area contributed by atoms with E-state index in [0.717, 1.165) is 23.0 Å². The molecule has 4 heteroatoms. The molecule has 0 amide bonds. The number of rotatable bonds is 3. The van der Waals surface area contributed by atoms with Gasteiger partial charge >= 0.3 is 0 Å². The first-order valence-corrected chi connectivity index (χ1v) is 5.52. The molecule has 0 aliphatic heterocycles. The van der Waals surface area contributed by atoms with Crippen LogP contribution in [-0.4, -0.2) is 16.0 Å². The van der Waals surface area contributed by atoms with Gasteiger partial charge in [0.15, 0.2) is 0 Å². The molecule has 3 nitrogen and oxygen atoms in total. The summed E-state index contributed by atoms with van der Waals surface area (Å²) in [5.74, 6) is 1.63. The third-order valence-electron chi connectivity index (χ3n) is 2.68. The maximum Gasteiger partial charge on any atom is 0.127 e. The van der Waals surface area contributed by atoms with E-state index in [4.69, 9.17) is 18.0 Å². The number of hydrogen-bond acceptors (Lipinski definition) is 3. The molecule has 0 aromatic carbocycles. The molecule has 0 bridgehead atoms. The lowest BCUT2D eigenvalue weighted by Crippen LogP contribution is -2.12. The number of nitrogens with one attached hydrogen (secondary N) is 1. The van der Waals surface area contributed by atoms with Crippen LogP contribution in [-0.2, 0) is 0 Å². The van der Waals surface area contributed by atoms with Gasteiger partial charge < -0.3 is 11.1 Å². The maximum atomic E-state index is 5.60. The molecule has 1 saturated carbocycles. The number of aromatic nitrogens is 1. The Kier molecular flexibility index (Phi) is 2.61. The lowest BCUT2D eigenvalue weighted by Gasteiger charge is -2.07. The summed E-state index contributed by atoms with van der Waals surface area (Å²) in [6, 6.07) is 4.39. The molecule has 15 heavy (non-hydrogen) atoms. The average molecular weight is 221 g/mol. The van der Waals surface area contributed by atoms with Gasteiger partial charge in [0.25, 0.3) is 0 Å². The van der Waals surface area contributed by atoms with Crippen molar-refractivity contribution in [1.82, 2.24) is 4.98 Å². The van der Waals surface area contributed by atoms with Crippen LogP contribution in [0.3, 0.4) is 0 Å². The summed E-state index contributed by atoms with van der Waals surface area (Å²) in [7, 11) is 0. The molecule has 1 aliphatic carbocycles. The summed E-state index contributed by atoms with van der Waals surface area (Å²) in [4.78, 5) is 4.83. The van der Waals surface area contributed by atoms with Crippen LogP contribution in [0.4, 0.5) is 5.82 Å². The highest BCUT2D eigenvalue weighted by molar-refractivity contribution is 7.80. The van der Waals surface area contributed by atoms with E-state index in [-0.39, 0.29) is 0 Å². The second kappa shape index (κ2) is 3.77. The van der Waals surface area contributed by atoms with Crippen LogP contribution in [0.25, 0.3) is 0 Å².